The normalized spacial score (nSPS) is 11.9. The van der Waals surface area contributed by atoms with Crippen molar-refractivity contribution < 1.29 is 9.72 Å². The van der Waals surface area contributed by atoms with Crippen molar-refractivity contribution in [1.29, 1.82) is 0 Å². The molecule has 132 valence electrons. The molecule has 0 bridgehead atoms. The average Bonchev–Trinajstić information content (AvgIpc) is 2.61. The molecule has 1 amide bonds. The smallest absolute Gasteiger partial charge is 0.292 e. The van der Waals surface area contributed by atoms with E-state index in [0.717, 1.165) is 10.9 Å². The summed E-state index contributed by atoms with van der Waals surface area (Å²) >= 11 is 1.30. The molecule has 0 saturated heterocycles. The molecule has 2 aromatic carbocycles. The van der Waals surface area contributed by atoms with Crippen LogP contribution in [0.5, 0.6) is 0 Å². The SMILES string of the molecule is Cc1nc(S[C@@H](C)C(=O)Nc2ccccc2[N+](=O)[O-])c2ccccc2n1. The van der Waals surface area contributed by atoms with Gasteiger partial charge >= 0.3 is 0 Å². The van der Waals surface area contributed by atoms with Crippen molar-refractivity contribution in [2.24, 2.45) is 0 Å². The lowest BCUT2D eigenvalue weighted by molar-refractivity contribution is -0.383. The number of nitro groups is 1. The van der Waals surface area contributed by atoms with Crippen molar-refractivity contribution >= 4 is 39.9 Å². The van der Waals surface area contributed by atoms with Gasteiger partial charge in [0.25, 0.3) is 5.69 Å². The number of fused-ring (bicyclic) bond motifs is 1. The molecule has 0 aliphatic heterocycles. The lowest BCUT2D eigenvalue weighted by atomic mass is 10.2. The summed E-state index contributed by atoms with van der Waals surface area (Å²) in [4.78, 5) is 31.9. The number of hydrogen-bond donors (Lipinski definition) is 1. The Balaban J connectivity index is 1.82. The highest BCUT2D eigenvalue weighted by atomic mass is 32.2. The summed E-state index contributed by atoms with van der Waals surface area (Å²) in [6, 6.07) is 13.7. The lowest BCUT2D eigenvalue weighted by Gasteiger charge is -2.13. The Morgan fingerprint density at radius 1 is 1.15 bits per heavy atom. The molecule has 1 N–H and O–H groups in total. The Labute approximate surface area is 154 Å². The van der Waals surface area contributed by atoms with Crippen LogP contribution in [-0.4, -0.2) is 26.0 Å². The van der Waals surface area contributed by atoms with Gasteiger partial charge in [0, 0.05) is 11.5 Å². The van der Waals surface area contributed by atoms with E-state index in [-0.39, 0.29) is 17.3 Å². The van der Waals surface area contributed by atoms with E-state index in [1.54, 1.807) is 26.0 Å². The van der Waals surface area contributed by atoms with E-state index in [1.165, 1.54) is 23.9 Å². The number of nitro benzene ring substituents is 1. The van der Waals surface area contributed by atoms with Crippen molar-refractivity contribution in [3.8, 4) is 0 Å². The average molecular weight is 368 g/mol. The highest BCUT2D eigenvalue weighted by molar-refractivity contribution is 8.00. The molecule has 3 rings (SSSR count). The third kappa shape index (κ3) is 3.80. The molecule has 1 heterocycles. The van der Waals surface area contributed by atoms with Gasteiger partial charge in [-0.25, -0.2) is 9.97 Å². The maximum absolute atomic E-state index is 12.5. The van der Waals surface area contributed by atoms with Crippen molar-refractivity contribution in [3.63, 3.8) is 0 Å². The van der Waals surface area contributed by atoms with Crippen LogP contribution >= 0.6 is 11.8 Å². The van der Waals surface area contributed by atoms with Gasteiger partial charge in [0.2, 0.25) is 5.91 Å². The number of hydrogen-bond acceptors (Lipinski definition) is 6. The molecule has 1 aromatic heterocycles. The van der Waals surface area contributed by atoms with E-state index in [4.69, 9.17) is 0 Å². The molecule has 0 spiro atoms. The second kappa shape index (κ2) is 7.49. The molecular formula is C18H16N4O3S. The maximum Gasteiger partial charge on any atom is 0.292 e. The number of amides is 1. The lowest BCUT2D eigenvalue weighted by Crippen LogP contribution is -2.23. The van der Waals surface area contributed by atoms with Gasteiger partial charge in [0.15, 0.2) is 0 Å². The van der Waals surface area contributed by atoms with E-state index < -0.39 is 10.2 Å². The number of aromatic nitrogens is 2. The number of benzene rings is 2. The van der Waals surface area contributed by atoms with Gasteiger partial charge in [0.05, 0.1) is 15.7 Å². The van der Waals surface area contributed by atoms with Crippen LogP contribution in [0, 0.1) is 17.0 Å². The summed E-state index contributed by atoms with van der Waals surface area (Å²) < 4.78 is 0. The minimum Gasteiger partial charge on any atom is -0.319 e. The Morgan fingerprint density at radius 2 is 1.85 bits per heavy atom. The fourth-order valence-corrected chi connectivity index (χ4v) is 3.43. The van der Waals surface area contributed by atoms with Crippen LogP contribution in [0.2, 0.25) is 0 Å². The Kier molecular flexibility index (Phi) is 5.13. The molecule has 8 heteroatoms. The zero-order chi connectivity index (χ0) is 18.7. The van der Waals surface area contributed by atoms with Gasteiger partial charge in [-0.3, -0.25) is 14.9 Å². The third-order valence-corrected chi connectivity index (χ3v) is 4.80. The number of para-hydroxylation sites is 3. The van der Waals surface area contributed by atoms with Crippen molar-refractivity contribution in [3.05, 3.63) is 64.5 Å². The predicted molar refractivity (Wildman–Crippen MR) is 101 cm³/mol. The molecular weight excluding hydrogens is 352 g/mol. The van der Waals surface area contributed by atoms with Gasteiger partial charge in [-0.1, -0.05) is 42.1 Å². The zero-order valence-corrected chi connectivity index (χ0v) is 15.0. The third-order valence-electron chi connectivity index (χ3n) is 3.70. The molecule has 0 radical (unpaired) electrons. The van der Waals surface area contributed by atoms with E-state index in [0.29, 0.717) is 10.9 Å². The summed E-state index contributed by atoms with van der Waals surface area (Å²) in [5, 5.41) is 14.8. The first-order valence-electron chi connectivity index (χ1n) is 7.90. The highest BCUT2D eigenvalue weighted by Crippen LogP contribution is 2.30. The number of nitrogens with zero attached hydrogens (tertiary/aromatic N) is 3. The Hall–Kier alpha value is -3.00. The zero-order valence-electron chi connectivity index (χ0n) is 14.2. The van der Waals surface area contributed by atoms with Gasteiger partial charge in [-0.2, -0.15) is 0 Å². The fourth-order valence-electron chi connectivity index (χ4n) is 2.44. The number of rotatable bonds is 5. The second-order valence-electron chi connectivity index (χ2n) is 5.62. The molecule has 0 fully saturated rings. The van der Waals surface area contributed by atoms with Gasteiger partial charge in [-0.05, 0) is 26.0 Å². The van der Waals surface area contributed by atoms with Crippen LogP contribution in [0.4, 0.5) is 11.4 Å². The first kappa shape index (κ1) is 17.8. The highest BCUT2D eigenvalue weighted by Gasteiger charge is 2.21. The monoisotopic (exact) mass is 368 g/mol. The second-order valence-corrected chi connectivity index (χ2v) is 6.95. The molecule has 0 saturated carbocycles. The van der Waals surface area contributed by atoms with E-state index in [2.05, 4.69) is 15.3 Å². The maximum atomic E-state index is 12.5. The number of thioether (sulfide) groups is 1. The summed E-state index contributed by atoms with van der Waals surface area (Å²) in [6.45, 7) is 3.54. The number of nitrogens with one attached hydrogen (secondary N) is 1. The quantitative estimate of drug-likeness (QED) is 0.317. The fraction of sp³-hybridized carbons (Fsp3) is 0.167. The van der Waals surface area contributed by atoms with Crippen LogP contribution in [0.25, 0.3) is 10.9 Å². The van der Waals surface area contributed by atoms with Crippen LogP contribution < -0.4 is 5.32 Å². The van der Waals surface area contributed by atoms with Gasteiger partial charge in [-0.15, -0.1) is 0 Å². The van der Waals surface area contributed by atoms with Gasteiger partial charge in [0.1, 0.15) is 16.5 Å². The molecule has 0 aliphatic rings. The molecule has 7 nitrogen and oxygen atoms in total. The Bertz CT molecular complexity index is 993. The Morgan fingerprint density at radius 3 is 2.62 bits per heavy atom. The standard InChI is InChI=1S/C18H16N4O3S/c1-11(17(23)21-15-9-5-6-10-16(15)22(24)25)26-18-13-7-3-4-8-14(13)19-12(2)20-18/h3-11H,1-2H3,(H,21,23)/t11-/m0/s1. The summed E-state index contributed by atoms with van der Waals surface area (Å²) in [5.41, 5.74) is 0.855. The minimum atomic E-state index is -0.519. The number of carbonyl (C=O) groups excluding carboxylic acids is 1. The van der Waals surface area contributed by atoms with Crippen LogP contribution in [0.3, 0.4) is 0 Å². The van der Waals surface area contributed by atoms with E-state index in [1.807, 2.05) is 24.3 Å². The minimum absolute atomic E-state index is 0.138. The first-order valence-corrected chi connectivity index (χ1v) is 8.78. The van der Waals surface area contributed by atoms with Gasteiger partial charge < -0.3 is 5.32 Å². The van der Waals surface area contributed by atoms with Crippen LogP contribution in [0.15, 0.2) is 53.6 Å². The summed E-state index contributed by atoms with van der Waals surface area (Å²) in [7, 11) is 0. The first-order chi connectivity index (χ1) is 12.5. The van der Waals surface area contributed by atoms with Crippen molar-refractivity contribution in [2.75, 3.05) is 5.32 Å². The number of aryl methyl sites for hydroxylation is 1. The topological polar surface area (TPSA) is 98.0 Å². The molecule has 1 atom stereocenters. The van der Waals surface area contributed by atoms with Crippen LogP contribution in [-0.2, 0) is 4.79 Å². The van der Waals surface area contributed by atoms with Crippen molar-refractivity contribution in [2.45, 2.75) is 24.1 Å². The summed E-state index contributed by atoms with van der Waals surface area (Å²) in [5.74, 6) is 0.294. The molecule has 0 unspecified atom stereocenters. The number of anilines is 1. The van der Waals surface area contributed by atoms with E-state index >= 15 is 0 Å². The van der Waals surface area contributed by atoms with Crippen molar-refractivity contribution in [1.82, 2.24) is 9.97 Å². The molecule has 26 heavy (non-hydrogen) atoms. The van der Waals surface area contributed by atoms with Crippen LogP contribution in [0.1, 0.15) is 12.7 Å². The summed E-state index contributed by atoms with van der Waals surface area (Å²) in [6.07, 6.45) is 0. The molecule has 3 aromatic rings. The predicted octanol–water partition coefficient (Wildman–Crippen LogP) is 3.97. The largest absolute Gasteiger partial charge is 0.319 e. The number of carbonyl (C=O) groups is 1. The molecule has 0 aliphatic carbocycles. The van der Waals surface area contributed by atoms with E-state index in [9.17, 15) is 14.9 Å².